The third-order valence-corrected chi connectivity index (χ3v) is 2.67. The highest BCUT2D eigenvalue weighted by atomic mass is 16.5. The van der Waals surface area contributed by atoms with Crippen LogP contribution < -0.4 is 11.1 Å². The van der Waals surface area contributed by atoms with Crippen molar-refractivity contribution in [2.45, 2.75) is 25.8 Å². The molecule has 0 aliphatic carbocycles. The average Bonchev–Trinajstić information content (AvgIpc) is 2.45. The van der Waals surface area contributed by atoms with E-state index < -0.39 is 23.9 Å². The van der Waals surface area contributed by atoms with Crippen LogP contribution in [0, 0.1) is 0 Å². The number of aryl methyl sites for hydroxylation is 1. The molecule has 0 bridgehead atoms. The first-order valence-electron chi connectivity index (χ1n) is 6.48. The van der Waals surface area contributed by atoms with Crippen LogP contribution in [0.25, 0.3) is 0 Å². The Kier molecular flexibility index (Phi) is 6.35. The van der Waals surface area contributed by atoms with Crippen LogP contribution in [0.15, 0.2) is 24.3 Å². The smallest absolute Gasteiger partial charge is 0.332 e. The van der Waals surface area contributed by atoms with Crippen molar-refractivity contribution in [3.05, 3.63) is 29.8 Å². The fourth-order valence-electron chi connectivity index (χ4n) is 1.57. The summed E-state index contributed by atoms with van der Waals surface area (Å²) in [5, 5.41) is 11.1. The number of hydrogen-bond acceptors (Lipinski definition) is 5. The first-order valence-corrected chi connectivity index (χ1v) is 6.48. The number of carbonyl (C=O) groups is 3. The molecule has 1 unspecified atom stereocenters. The highest BCUT2D eigenvalue weighted by Crippen LogP contribution is 2.11. The van der Waals surface area contributed by atoms with Crippen LogP contribution in [-0.4, -0.2) is 35.6 Å². The van der Waals surface area contributed by atoms with Gasteiger partial charge in [0.15, 0.2) is 6.04 Å². The van der Waals surface area contributed by atoms with Gasteiger partial charge in [-0.2, -0.15) is 0 Å². The van der Waals surface area contributed by atoms with Crippen molar-refractivity contribution in [1.29, 1.82) is 0 Å². The number of hydrogen-bond donors (Lipinski definition) is 3. The van der Waals surface area contributed by atoms with E-state index in [-0.39, 0.29) is 13.0 Å². The Morgan fingerprint density at radius 3 is 2.43 bits per heavy atom. The molecule has 21 heavy (non-hydrogen) atoms. The second-order valence-corrected chi connectivity index (χ2v) is 4.31. The number of ether oxygens (including phenoxy) is 1. The molecule has 0 spiro atoms. The monoisotopic (exact) mass is 294 g/mol. The van der Waals surface area contributed by atoms with Gasteiger partial charge in [0.2, 0.25) is 0 Å². The molecule has 0 aliphatic heterocycles. The predicted molar refractivity (Wildman–Crippen MR) is 75.6 cm³/mol. The lowest BCUT2D eigenvalue weighted by molar-refractivity contribution is -0.147. The van der Waals surface area contributed by atoms with Gasteiger partial charge in [-0.05, 0) is 31.0 Å². The number of aliphatic carboxylic acids is 1. The van der Waals surface area contributed by atoms with E-state index in [0.29, 0.717) is 12.1 Å². The Labute approximate surface area is 122 Å². The molecule has 7 heteroatoms. The van der Waals surface area contributed by atoms with Gasteiger partial charge in [-0.25, -0.2) is 4.79 Å². The Morgan fingerprint density at radius 2 is 1.90 bits per heavy atom. The van der Waals surface area contributed by atoms with Crippen LogP contribution in [0.4, 0.5) is 5.69 Å². The Morgan fingerprint density at radius 1 is 1.29 bits per heavy atom. The van der Waals surface area contributed by atoms with Crippen molar-refractivity contribution in [2.75, 3.05) is 11.9 Å². The second-order valence-electron chi connectivity index (χ2n) is 4.31. The van der Waals surface area contributed by atoms with Gasteiger partial charge in [0.25, 0.3) is 5.91 Å². The van der Waals surface area contributed by atoms with E-state index in [0.717, 1.165) is 5.56 Å². The van der Waals surface area contributed by atoms with Crippen molar-refractivity contribution < 1.29 is 24.2 Å². The molecule has 0 fully saturated rings. The summed E-state index contributed by atoms with van der Waals surface area (Å²) >= 11 is 0. The molecule has 4 N–H and O–H groups in total. The number of amides is 1. The molecule has 1 amide bonds. The SMILES string of the molecule is CCOC(=O)C(N)C(=O)Nc1ccc(CCC(=O)O)cc1. The molecule has 1 aromatic rings. The summed E-state index contributed by atoms with van der Waals surface area (Å²) in [7, 11) is 0. The third kappa shape index (κ3) is 5.62. The molecule has 1 rings (SSSR count). The van der Waals surface area contributed by atoms with Gasteiger partial charge in [-0.3, -0.25) is 9.59 Å². The molecular weight excluding hydrogens is 276 g/mol. The highest BCUT2D eigenvalue weighted by molar-refractivity contribution is 6.08. The zero-order valence-corrected chi connectivity index (χ0v) is 11.7. The number of esters is 1. The van der Waals surface area contributed by atoms with E-state index in [2.05, 4.69) is 10.1 Å². The summed E-state index contributed by atoms with van der Waals surface area (Å²) < 4.78 is 4.66. The van der Waals surface area contributed by atoms with E-state index in [1.807, 2.05) is 0 Å². The minimum absolute atomic E-state index is 0.0411. The maximum Gasteiger partial charge on any atom is 0.332 e. The number of rotatable bonds is 7. The second kappa shape index (κ2) is 8.01. The van der Waals surface area contributed by atoms with Gasteiger partial charge in [0.05, 0.1) is 6.61 Å². The minimum Gasteiger partial charge on any atom is -0.481 e. The number of benzene rings is 1. The molecule has 0 radical (unpaired) electrons. The lowest BCUT2D eigenvalue weighted by Crippen LogP contribution is -2.43. The zero-order chi connectivity index (χ0) is 15.8. The number of carboxylic acid groups (broad SMARTS) is 1. The molecule has 0 aliphatic rings. The zero-order valence-electron chi connectivity index (χ0n) is 11.7. The number of carbonyl (C=O) groups excluding carboxylic acids is 2. The largest absolute Gasteiger partial charge is 0.481 e. The quantitative estimate of drug-likeness (QED) is 0.498. The van der Waals surface area contributed by atoms with Crippen molar-refractivity contribution in [1.82, 2.24) is 0 Å². The fourth-order valence-corrected chi connectivity index (χ4v) is 1.57. The van der Waals surface area contributed by atoms with Gasteiger partial charge >= 0.3 is 11.9 Å². The molecule has 1 aromatic carbocycles. The van der Waals surface area contributed by atoms with Crippen molar-refractivity contribution in [3.63, 3.8) is 0 Å². The molecule has 0 saturated heterocycles. The summed E-state index contributed by atoms with van der Waals surface area (Å²) in [6.45, 7) is 1.77. The highest BCUT2D eigenvalue weighted by Gasteiger charge is 2.23. The summed E-state index contributed by atoms with van der Waals surface area (Å²) in [5.74, 6) is -2.31. The number of nitrogens with one attached hydrogen (secondary N) is 1. The van der Waals surface area contributed by atoms with E-state index in [1.54, 1.807) is 31.2 Å². The molecule has 114 valence electrons. The molecular formula is C14H18N2O5. The first kappa shape index (κ1) is 16.6. The first-order chi connectivity index (χ1) is 9.93. The molecule has 0 saturated carbocycles. The minimum atomic E-state index is -1.38. The Hall–Kier alpha value is -2.41. The van der Waals surface area contributed by atoms with Crippen LogP contribution in [0.1, 0.15) is 18.9 Å². The van der Waals surface area contributed by atoms with E-state index in [4.69, 9.17) is 10.8 Å². The maximum absolute atomic E-state index is 11.7. The molecule has 0 aromatic heterocycles. The number of anilines is 1. The summed E-state index contributed by atoms with van der Waals surface area (Å²) in [4.78, 5) is 33.5. The molecule has 7 nitrogen and oxygen atoms in total. The topological polar surface area (TPSA) is 119 Å². The van der Waals surface area contributed by atoms with Crippen molar-refractivity contribution >= 4 is 23.5 Å². The number of nitrogens with two attached hydrogens (primary N) is 1. The molecule has 0 heterocycles. The summed E-state index contributed by atoms with van der Waals surface area (Å²) in [6.07, 6.45) is 0.450. The lowest BCUT2D eigenvalue weighted by atomic mass is 10.1. The Balaban J connectivity index is 2.56. The lowest BCUT2D eigenvalue weighted by Gasteiger charge is -2.11. The van der Waals surface area contributed by atoms with Crippen LogP contribution in [0.2, 0.25) is 0 Å². The van der Waals surface area contributed by atoms with Crippen LogP contribution >= 0.6 is 0 Å². The predicted octanol–water partition coefficient (Wildman–Crippen LogP) is 0.533. The fraction of sp³-hybridized carbons (Fsp3) is 0.357. The van der Waals surface area contributed by atoms with Gasteiger partial charge in [-0.1, -0.05) is 12.1 Å². The van der Waals surface area contributed by atoms with E-state index in [9.17, 15) is 14.4 Å². The van der Waals surface area contributed by atoms with Gasteiger partial charge in [0, 0.05) is 12.1 Å². The summed E-state index contributed by atoms with van der Waals surface area (Å²) in [6, 6.07) is 5.26. The maximum atomic E-state index is 11.7. The van der Waals surface area contributed by atoms with Gasteiger partial charge < -0.3 is 20.9 Å². The van der Waals surface area contributed by atoms with Crippen LogP contribution in [0.5, 0.6) is 0 Å². The third-order valence-electron chi connectivity index (χ3n) is 2.67. The summed E-state index contributed by atoms with van der Waals surface area (Å²) in [5.41, 5.74) is 6.76. The molecule has 1 atom stereocenters. The Bertz CT molecular complexity index is 513. The van der Waals surface area contributed by atoms with E-state index >= 15 is 0 Å². The van der Waals surface area contributed by atoms with Crippen LogP contribution in [-0.2, 0) is 25.5 Å². The van der Waals surface area contributed by atoms with Gasteiger partial charge in [0.1, 0.15) is 0 Å². The standard InChI is InChI=1S/C14H18N2O5/c1-2-21-14(20)12(15)13(19)16-10-6-3-9(4-7-10)5-8-11(17)18/h3-4,6-7,12H,2,5,8,15H2,1H3,(H,16,19)(H,17,18). The van der Waals surface area contributed by atoms with E-state index in [1.165, 1.54) is 0 Å². The number of carboxylic acids is 1. The average molecular weight is 294 g/mol. The van der Waals surface area contributed by atoms with Crippen LogP contribution in [0.3, 0.4) is 0 Å². The van der Waals surface area contributed by atoms with Gasteiger partial charge in [-0.15, -0.1) is 0 Å². The normalized spacial score (nSPS) is 11.5. The van der Waals surface area contributed by atoms with Crippen molar-refractivity contribution in [2.24, 2.45) is 5.73 Å². The van der Waals surface area contributed by atoms with Crippen molar-refractivity contribution in [3.8, 4) is 0 Å².